The molecule has 8 nitrogen and oxygen atoms in total. The SMILES string of the molecule is CCOC(=O)CCNC(=O)c1ccc(N[C@H](Cc2ccc(-c3ccc(C(F)(F)F)cc3)cc2)C(=O)Nc2ccc(OC(F)(F)F)cc2)cc1. The van der Waals surface area contributed by atoms with Crippen LogP contribution in [-0.4, -0.2) is 43.3 Å². The number of benzene rings is 4. The molecular weight excluding hydrogens is 656 g/mol. The molecule has 0 bridgehead atoms. The molecule has 0 fully saturated rings. The highest BCUT2D eigenvalue weighted by molar-refractivity contribution is 5.97. The van der Waals surface area contributed by atoms with Crippen molar-refractivity contribution in [3.8, 4) is 16.9 Å². The molecule has 0 saturated carbocycles. The van der Waals surface area contributed by atoms with Gasteiger partial charge in [0.1, 0.15) is 11.8 Å². The van der Waals surface area contributed by atoms with Crippen molar-refractivity contribution >= 4 is 29.2 Å². The predicted molar refractivity (Wildman–Crippen MR) is 170 cm³/mol. The Morgan fingerprint density at radius 3 is 1.86 bits per heavy atom. The molecule has 0 spiro atoms. The van der Waals surface area contributed by atoms with Gasteiger partial charge in [-0.3, -0.25) is 14.4 Å². The van der Waals surface area contributed by atoms with E-state index >= 15 is 0 Å². The van der Waals surface area contributed by atoms with E-state index in [4.69, 9.17) is 4.74 Å². The van der Waals surface area contributed by atoms with Crippen LogP contribution in [0.4, 0.5) is 37.7 Å². The molecule has 0 aliphatic rings. The number of halogens is 6. The summed E-state index contributed by atoms with van der Waals surface area (Å²) in [6.07, 6.45) is -9.19. The Morgan fingerprint density at radius 1 is 0.735 bits per heavy atom. The molecule has 0 unspecified atom stereocenters. The fraction of sp³-hybridized carbons (Fsp3) is 0.229. The summed E-state index contributed by atoms with van der Waals surface area (Å²) in [5.74, 6) is -1.85. The van der Waals surface area contributed by atoms with Crippen molar-refractivity contribution in [3.63, 3.8) is 0 Å². The number of nitrogens with one attached hydrogen (secondary N) is 3. The number of hydrogen-bond donors (Lipinski definition) is 3. The van der Waals surface area contributed by atoms with E-state index in [1.54, 1.807) is 43.3 Å². The number of ether oxygens (including phenoxy) is 2. The van der Waals surface area contributed by atoms with Gasteiger partial charge in [0.15, 0.2) is 0 Å². The molecule has 0 saturated heterocycles. The molecule has 3 N–H and O–H groups in total. The van der Waals surface area contributed by atoms with E-state index in [0.717, 1.165) is 24.3 Å². The highest BCUT2D eigenvalue weighted by Gasteiger charge is 2.31. The minimum absolute atomic E-state index is 0.0133. The van der Waals surface area contributed by atoms with Crippen LogP contribution in [0.1, 0.15) is 34.8 Å². The largest absolute Gasteiger partial charge is 0.573 e. The summed E-state index contributed by atoms with van der Waals surface area (Å²) >= 11 is 0. The average Bonchev–Trinajstić information content (AvgIpc) is 3.05. The monoisotopic (exact) mass is 687 g/mol. The molecule has 49 heavy (non-hydrogen) atoms. The Bertz CT molecular complexity index is 1710. The van der Waals surface area contributed by atoms with Crippen LogP contribution in [0.5, 0.6) is 5.75 Å². The Balaban J connectivity index is 1.48. The van der Waals surface area contributed by atoms with Crippen LogP contribution < -0.4 is 20.7 Å². The fourth-order valence-corrected chi connectivity index (χ4v) is 4.63. The van der Waals surface area contributed by atoms with Crippen molar-refractivity contribution in [3.05, 3.63) is 114 Å². The van der Waals surface area contributed by atoms with E-state index in [0.29, 0.717) is 27.9 Å². The summed E-state index contributed by atoms with van der Waals surface area (Å²) in [6, 6.07) is 21.5. The molecular formula is C35H31F6N3O5. The van der Waals surface area contributed by atoms with Crippen LogP contribution >= 0.6 is 0 Å². The summed E-state index contributed by atoms with van der Waals surface area (Å²) < 4.78 is 85.2. The summed E-state index contributed by atoms with van der Waals surface area (Å²) in [5.41, 5.74) is 2.12. The van der Waals surface area contributed by atoms with Gasteiger partial charge in [0, 0.05) is 29.9 Å². The fourth-order valence-electron chi connectivity index (χ4n) is 4.63. The van der Waals surface area contributed by atoms with Crippen LogP contribution in [0.2, 0.25) is 0 Å². The third-order valence-corrected chi connectivity index (χ3v) is 7.02. The lowest BCUT2D eigenvalue weighted by Gasteiger charge is -2.20. The van der Waals surface area contributed by atoms with Crippen molar-refractivity contribution in [2.75, 3.05) is 23.8 Å². The zero-order chi connectivity index (χ0) is 35.6. The van der Waals surface area contributed by atoms with Gasteiger partial charge in [-0.05, 0) is 84.3 Å². The van der Waals surface area contributed by atoms with Gasteiger partial charge in [0.25, 0.3) is 5.91 Å². The van der Waals surface area contributed by atoms with Gasteiger partial charge in [-0.25, -0.2) is 0 Å². The second-order valence-electron chi connectivity index (χ2n) is 10.6. The van der Waals surface area contributed by atoms with Crippen molar-refractivity contribution in [2.24, 2.45) is 0 Å². The van der Waals surface area contributed by atoms with Crippen LogP contribution in [0.25, 0.3) is 11.1 Å². The Hall–Kier alpha value is -5.53. The molecule has 0 aliphatic heterocycles. The molecule has 4 aromatic rings. The Morgan fingerprint density at radius 2 is 1.31 bits per heavy atom. The number of carbonyl (C=O) groups excluding carboxylic acids is 3. The highest BCUT2D eigenvalue weighted by atomic mass is 19.4. The predicted octanol–water partition coefficient (Wildman–Crippen LogP) is 7.62. The first kappa shape index (κ1) is 36.3. The lowest BCUT2D eigenvalue weighted by atomic mass is 9.99. The average molecular weight is 688 g/mol. The molecule has 0 aromatic heterocycles. The van der Waals surface area contributed by atoms with Gasteiger partial charge >= 0.3 is 18.5 Å². The molecule has 14 heteroatoms. The summed E-state index contributed by atoms with van der Waals surface area (Å²) in [5, 5.41) is 8.40. The number of alkyl halides is 6. The number of esters is 1. The highest BCUT2D eigenvalue weighted by Crippen LogP contribution is 2.31. The molecule has 0 aliphatic carbocycles. The van der Waals surface area contributed by atoms with E-state index in [-0.39, 0.29) is 31.7 Å². The van der Waals surface area contributed by atoms with Crippen molar-refractivity contribution in [2.45, 2.75) is 38.3 Å². The standard InChI is InChI=1S/C35H31F6N3O5/c1-2-48-31(45)19-20-42-32(46)25-9-13-27(14-10-25)43-30(33(47)44-28-15-17-29(18-16-28)49-35(39,40)41)21-22-3-5-23(6-4-22)24-7-11-26(12-8-24)34(36,37)38/h3-18,30,43H,2,19-21H2,1H3,(H,42,46)(H,44,47)/t30-/m1/s1. The van der Waals surface area contributed by atoms with Crippen LogP contribution in [0.15, 0.2) is 97.1 Å². The first-order valence-corrected chi connectivity index (χ1v) is 14.9. The zero-order valence-electron chi connectivity index (χ0n) is 26.0. The van der Waals surface area contributed by atoms with Crippen molar-refractivity contribution in [1.82, 2.24) is 5.32 Å². The van der Waals surface area contributed by atoms with Gasteiger partial charge in [0.05, 0.1) is 18.6 Å². The lowest BCUT2D eigenvalue weighted by molar-refractivity contribution is -0.274. The molecule has 0 radical (unpaired) electrons. The molecule has 2 amide bonds. The second kappa shape index (κ2) is 16.0. The minimum Gasteiger partial charge on any atom is -0.466 e. The van der Waals surface area contributed by atoms with Crippen LogP contribution in [-0.2, 0) is 26.9 Å². The van der Waals surface area contributed by atoms with Crippen LogP contribution in [0.3, 0.4) is 0 Å². The van der Waals surface area contributed by atoms with E-state index in [2.05, 4.69) is 20.7 Å². The number of rotatable bonds is 13. The van der Waals surface area contributed by atoms with Crippen molar-refractivity contribution < 1.29 is 50.2 Å². The topological polar surface area (TPSA) is 106 Å². The lowest BCUT2D eigenvalue weighted by Crippen LogP contribution is -2.36. The maximum absolute atomic E-state index is 13.5. The normalized spacial score (nSPS) is 12.1. The first-order chi connectivity index (χ1) is 23.2. The quantitative estimate of drug-likeness (QED) is 0.0987. The molecule has 0 heterocycles. The molecule has 4 rings (SSSR count). The Kier molecular flexibility index (Phi) is 11.9. The van der Waals surface area contributed by atoms with E-state index in [1.165, 1.54) is 36.4 Å². The van der Waals surface area contributed by atoms with Gasteiger partial charge < -0.3 is 25.4 Å². The van der Waals surface area contributed by atoms with Gasteiger partial charge in [-0.1, -0.05) is 36.4 Å². The van der Waals surface area contributed by atoms with Crippen LogP contribution in [0, 0.1) is 0 Å². The van der Waals surface area contributed by atoms with Gasteiger partial charge in [-0.15, -0.1) is 13.2 Å². The second-order valence-corrected chi connectivity index (χ2v) is 10.6. The first-order valence-electron chi connectivity index (χ1n) is 14.9. The third kappa shape index (κ3) is 11.3. The van der Waals surface area contributed by atoms with E-state index in [1.807, 2.05) is 0 Å². The van der Waals surface area contributed by atoms with E-state index < -0.39 is 47.7 Å². The molecule has 258 valence electrons. The zero-order valence-corrected chi connectivity index (χ0v) is 26.0. The number of anilines is 2. The Labute approximate surface area is 277 Å². The minimum atomic E-state index is -4.87. The smallest absolute Gasteiger partial charge is 0.466 e. The number of hydrogen-bond acceptors (Lipinski definition) is 6. The summed E-state index contributed by atoms with van der Waals surface area (Å²) in [6.45, 7) is 2.00. The maximum atomic E-state index is 13.5. The molecule has 1 atom stereocenters. The number of amides is 2. The van der Waals surface area contributed by atoms with Crippen molar-refractivity contribution in [1.29, 1.82) is 0 Å². The van der Waals surface area contributed by atoms with Gasteiger partial charge in [-0.2, -0.15) is 13.2 Å². The van der Waals surface area contributed by atoms with E-state index in [9.17, 15) is 40.7 Å². The summed E-state index contributed by atoms with van der Waals surface area (Å²) in [4.78, 5) is 37.4. The molecule has 4 aromatic carbocycles. The maximum Gasteiger partial charge on any atom is 0.573 e. The third-order valence-electron chi connectivity index (χ3n) is 7.02. The van der Waals surface area contributed by atoms with Gasteiger partial charge in [0.2, 0.25) is 5.91 Å². The summed E-state index contributed by atoms with van der Waals surface area (Å²) in [7, 11) is 0. The number of carbonyl (C=O) groups is 3.